The smallest absolute Gasteiger partial charge is 0.191 e. The number of hydrogen-bond acceptors (Lipinski definition) is 3. The summed E-state index contributed by atoms with van der Waals surface area (Å²) in [5.41, 5.74) is 1.28. The Bertz CT molecular complexity index is 588. The predicted octanol–water partition coefficient (Wildman–Crippen LogP) is 2.77. The Hall–Kier alpha value is -1.82. The van der Waals surface area contributed by atoms with Crippen LogP contribution in [0.15, 0.2) is 34.9 Å². The molecule has 5 nitrogen and oxygen atoms in total. The second kappa shape index (κ2) is 9.35. The third-order valence-electron chi connectivity index (χ3n) is 3.59. The fraction of sp³-hybridized carbons (Fsp3) is 0.529. The largest absolute Gasteiger partial charge is 0.357 e. The second-order valence-electron chi connectivity index (χ2n) is 5.69. The number of hydrogen-bond donors (Lipinski definition) is 2. The average Bonchev–Trinajstić information content (AvgIpc) is 3.20. The Morgan fingerprint density at radius 2 is 2.30 bits per heavy atom. The van der Waals surface area contributed by atoms with Gasteiger partial charge in [0.25, 0.3) is 0 Å². The number of thiophene rings is 1. The van der Waals surface area contributed by atoms with Crippen LogP contribution in [0.2, 0.25) is 0 Å². The molecule has 2 heterocycles. The highest BCUT2D eigenvalue weighted by Gasteiger charge is 2.06. The maximum Gasteiger partial charge on any atom is 0.191 e. The SMILES string of the molecule is CCNC(=NCC(C)c1cccs1)NCCCc1cnn(C)c1. The molecule has 0 saturated carbocycles. The van der Waals surface area contributed by atoms with Gasteiger partial charge in [-0.3, -0.25) is 9.67 Å². The van der Waals surface area contributed by atoms with Crippen LogP contribution < -0.4 is 10.6 Å². The van der Waals surface area contributed by atoms with Crippen molar-refractivity contribution in [2.45, 2.75) is 32.6 Å². The highest BCUT2D eigenvalue weighted by Crippen LogP contribution is 2.20. The van der Waals surface area contributed by atoms with Crippen LogP contribution in [0, 0.1) is 0 Å². The molecule has 0 saturated heterocycles. The number of guanidine groups is 1. The van der Waals surface area contributed by atoms with Crippen LogP contribution in [-0.4, -0.2) is 35.4 Å². The van der Waals surface area contributed by atoms with Crippen molar-refractivity contribution in [1.82, 2.24) is 20.4 Å². The van der Waals surface area contributed by atoms with Gasteiger partial charge in [0, 0.05) is 37.1 Å². The van der Waals surface area contributed by atoms with Crippen molar-refractivity contribution in [1.29, 1.82) is 0 Å². The molecule has 1 atom stereocenters. The van der Waals surface area contributed by atoms with Crippen molar-refractivity contribution in [3.05, 3.63) is 40.3 Å². The Kier molecular flexibility index (Phi) is 7.13. The molecule has 0 aliphatic carbocycles. The van der Waals surface area contributed by atoms with Crippen LogP contribution in [0.3, 0.4) is 0 Å². The van der Waals surface area contributed by atoms with Crippen molar-refractivity contribution in [3.63, 3.8) is 0 Å². The number of aryl methyl sites for hydroxylation is 2. The van der Waals surface area contributed by atoms with Crippen molar-refractivity contribution >= 4 is 17.3 Å². The van der Waals surface area contributed by atoms with E-state index in [9.17, 15) is 0 Å². The third kappa shape index (κ3) is 6.06. The normalized spacial score (nSPS) is 13.1. The van der Waals surface area contributed by atoms with E-state index in [4.69, 9.17) is 4.99 Å². The van der Waals surface area contributed by atoms with Gasteiger partial charge in [-0.1, -0.05) is 13.0 Å². The maximum absolute atomic E-state index is 4.70. The lowest BCUT2D eigenvalue weighted by Crippen LogP contribution is -2.38. The van der Waals surface area contributed by atoms with Crippen LogP contribution in [-0.2, 0) is 13.5 Å². The minimum Gasteiger partial charge on any atom is -0.357 e. The van der Waals surface area contributed by atoms with Gasteiger partial charge in [0.15, 0.2) is 5.96 Å². The van der Waals surface area contributed by atoms with Gasteiger partial charge in [0.2, 0.25) is 0 Å². The summed E-state index contributed by atoms with van der Waals surface area (Å²) in [5, 5.41) is 13.0. The maximum atomic E-state index is 4.70. The quantitative estimate of drug-likeness (QED) is 0.444. The molecule has 6 heteroatoms. The lowest BCUT2D eigenvalue weighted by Gasteiger charge is -2.12. The molecular formula is C17H27N5S. The van der Waals surface area contributed by atoms with E-state index in [0.717, 1.165) is 38.4 Å². The van der Waals surface area contributed by atoms with E-state index in [1.165, 1.54) is 10.4 Å². The van der Waals surface area contributed by atoms with E-state index in [2.05, 4.69) is 53.3 Å². The van der Waals surface area contributed by atoms with Gasteiger partial charge in [-0.05, 0) is 36.8 Å². The Morgan fingerprint density at radius 1 is 1.43 bits per heavy atom. The molecule has 0 spiro atoms. The fourth-order valence-electron chi connectivity index (χ4n) is 2.33. The lowest BCUT2D eigenvalue weighted by molar-refractivity contribution is 0.727. The van der Waals surface area contributed by atoms with E-state index in [1.807, 2.05) is 17.9 Å². The van der Waals surface area contributed by atoms with Gasteiger partial charge in [0.05, 0.1) is 12.7 Å². The van der Waals surface area contributed by atoms with Gasteiger partial charge in [-0.15, -0.1) is 11.3 Å². The van der Waals surface area contributed by atoms with E-state index in [-0.39, 0.29) is 0 Å². The standard InChI is InChI=1S/C17H27N5S/c1-4-18-17(20-11-14(2)16-8-6-10-23-16)19-9-5-7-15-12-21-22(3)13-15/h6,8,10,12-14H,4-5,7,9,11H2,1-3H3,(H2,18,19,20). The fourth-order valence-corrected chi connectivity index (χ4v) is 3.11. The summed E-state index contributed by atoms with van der Waals surface area (Å²) in [7, 11) is 1.95. The van der Waals surface area contributed by atoms with Crippen molar-refractivity contribution in [3.8, 4) is 0 Å². The predicted molar refractivity (Wildman–Crippen MR) is 98.2 cm³/mol. The number of nitrogens with zero attached hydrogens (tertiary/aromatic N) is 3. The molecule has 0 aliphatic rings. The van der Waals surface area contributed by atoms with Crippen LogP contribution in [0.25, 0.3) is 0 Å². The van der Waals surface area contributed by atoms with Crippen molar-refractivity contribution in [2.24, 2.45) is 12.0 Å². The van der Waals surface area contributed by atoms with Crippen LogP contribution in [0.5, 0.6) is 0 Å². The zero-order valence-corrected chi connectivity index (χ0v) is 15.1. The molecule has 0 amide bonds. The molecule has 2 aromatic rings. The zero-order chi connectivity index (χ0) is 16.5. The monoisotopic (exact) mass is 333 g/mol. The molecule has 2 rings (SSSR count). The summed E-state index contributed by atoms with van der Waals surface area (Å²) in [6.07, 6.45) is 6.10. The Morgan fingerprint density at radius 3 is 2.96 bits per heavy atom. The molecule has 1 unspecified atom stereocenters. The molecule has 2 aromatic heterocycles. The average molecular weight is 334 g/mol. The van der Waals surface area contributed by atoms with Gasteiger partial charge in [-0.25, -0.2) is 0 Å². The molecule has 23 heavy (non-hydrogen) atoms. The van der Waals surface area contributed by atoms with Gasteiger partial charge >= 0.3 is 0 Å². The minimum atomic E-state index is 0.459. The van der Waals surface area contributed by atoms with Gasteiger partial charge in [0.1, 0.15) is 0 Å². The number of aromatic nitrogens is 2. The summed E-state index contributed by atoms with van der Waals surface area (Å²) < 4.78 is 1.85. The molecular weight excluding hydrogens is 306 g/mol. The highest BCUT2D eigenvalue weighted by atomic mass is 32.1. The van der Waals surface area contributed by atoms with Crippen molar-refractivity contribution < 1.29 is 0 Å². The van der Waals surface area contributed by atoms with E-state index >= 15 is 0 Å². The number of aliphatic imine (C=N–C) groups is 1. The lowest BCUT2D eigenvalue weighted by atomic mass is 10.1. The summed E-state index contributed by atoms with van der Waals surface area (Å²) >= 11 is 1.80. The summed E-state index contributed by atoms with van der Waals surface area (Å²) in [5.74, 6) is 1.36. The molecule has 0 aromatic carbocycles. The number of nitrogens with one attached hydrogen (secondary N) is 2. The van der Waals surface area contributed by atoms with E-state index < -0.39 is 0 Å². The Balaban J connectivity index is 1.75. The first-order chi connectivity index (χ1) is 11.2. The first-order valence-electron chi connectivity index (χ1n) is 8.22. The molecule has 126 valence electrons. The van der Waals surface area contributed by atoms with E-state index in [0.29, 0.717) is 5.92 Å². The molecule has 0 aliphatic heterocycles. The molecule has 0 fully saturated rings. The summed E-state index contributed by atoms with van der Waals surface area (Å²) in [6, 6.07) is 4.28. The van der Waals surface area contributed by atoms with Gasteiger partial charge < -0.3 is 10.6 Å². The summed E-state index contributed by atoms with van der Waals surface area (Å²) in [4.78, 5) is 6.09. The first kappa shape index (κ1) is 17.5. The third-order valence-corrected chi connectivity index (χ3v) is 4.69. The molecule has 0 radical (unpaired) electrons. The van der Waals surface area contributed by atoms with Crippen molar-refractivity contribution in [2.75, 3.05) is 19.6 Å². The van der Waals surface area contributed by atoms with Crippen LogP contribution >= 0.6 is 11.3 Å². The van der Waals surface area contributed by atoms with Crippen LogP contribution in [0.1, 0.15) is 36.6 Å². The topological polar surface area (TPSA) is 54.2 Å². The van der Waals surface area contributed by atoms with Crippen LogP contribution in [0.4, 0.5) is 0 Å². The first-order valence-corrected chi connectivity index (χ1v) is 9.10. The molecule has 2 N–H and O–H groups in total. The minimum absolute atomic E-state index is 0.459. The van der Waals surface area contributed by atoms with E-state index in [1.54, 1.807) is 11.3 Å². The highest BCUT2D eigenvalue weighted by molar-refractivity contribution is 7.10. The number of rotatable bonds is 8. The molecule has 0 bridgehead atoms. The second-order valence-corrected chi connectivity index (χ2v) is 6.67. The summed E-state index contributed by atoms with van der Waals surface area (Å²) in [6.45, 7) is 6.91. The Labute approximate surface area is 142 Å². The zero-order valence-electron chi connectivity index (χ0n) is 14.2. The van der Waals surface area contributed by atoms with Gasteiger partial charge in [-0.2, -0.15) is 5.10 Å².